The highest BCUT2D eigenvalue weighted by molar-refractivity contribution is 7.98. The van der Waals surface area contributed by atoms with E-state index in [-0.39, 0.29) is 23.3 Å². The second kappa shape index (κ2) is 10.8. The SMILES string of the molecule is O=C1N[C@@H](c2ccc(-c3ccc(C(F)(F)F)cc3)cc2)C[C@@H]1n1c(SCc2ccc(F)cc2)nc(=O)c2c1CCC2. The highest BCUT2D eigenvalue weighted by atomic mass is 32.2. The molecular weight excluding hydrogens is 554 g/mol. The summed E-state index contributed by atoms with van der Waals surface area (Å²) in [5.74, 6) is -0.0216. The van der Waals surface area contributed by atoms with E-state index >= 15 is 0 Å². The predicted molar refractivity (Wildman–Crippen MR) is 148 cm³/mol. The van der Waals surface area contributed by atoms with Gasteiger partial charge in [-0.2, -0.15) is 18.2 Å². The minimum atomic E-state index is -4.39. The third-order valence-electron chi connectivity index (χ3n) is 7.67. The van der Waals surface area contributed by atoms with Gasteiger partial charge in [-0.05, 0) is 65.8 Å². The molecule has 10 heteroatoms. The Balaban J connectivity index is 1.24. The first-order chi connectivity index (χ1) is 19.7. The van der Waals surface area contributed by atoms with Crippen LogP contribution in [0.3, 0.4) is 0 Å². The van der Waals surface area contributed by atoms with Crippen molar-refractivity contribution in [1.82, 2.24) is 14.9 Å². The summed E-state index contributed by atoms with van der Waals surface area (Å²) in [5.41, 5.74) is 3.74. The number of thioether (sulfide) groups is 1. The van der Waals surface area contributed by atoms with Crippen LogP contribution in [-0.2, 0) is 29.6 Å². The largest absolute Gasteiger partial charge is 0.416 e. The molecule has 2 heterocycles. The third-order valence-corrected chi connectivity index (χ3v) is 8.69. The lowest BCUT2D eigenvalue weighted by Crippen LogP contribution is -2.29. The fourth-order valence-corrected chi connectivity index (χ4v) is 6.57. The average molecular weight is 580 g/mol. The van der Waals surface area contributed by atoms with Gasteiger partial charge in [0.15, 0.2) is 5.16 Å². The molecule has 0 saturated carbocycles. The van der Waals surface area contributed by atoms with Crippen molar-refractivity contribution in [1.29, 1.82) is 0 Å². The summed E-state index contributed by atoms with van der Waals surface area (Å²) < 4.78 is 54.0. The fourth-order valence-electron chi connectivity index (χ4n) is 5.56. The highest BCUT2D eigenvalue weighted by Crippen LogP contribution is 2.38. The van der Waals surface area contributed by atoms with Gasteiger partial charge >= 0.3 is 6.18 Å². The zero-order valence-corrected chi connectivity index (χ0v) is 22.6. The van der Waals surface area contributed by atoms with Crippen LogP contribution in [0.5, 0.6) is 0 Å². The summed E-state index contributed by atoms with van der Waals surface area (Å²) >= 11 is 1.35. The van der Waals surface area contributed by atoms with E-state index in [1.807, 2.05) is 28.8 Å². The van der Waals surface area contributed by atoms with E-state index in [2.05, 4.69) is 10.3 Å². The van der Waals surface area contributed by atoms with Crippen molar-refractivity contribution in [2.45, 2.75) is 54.9 Å². The molecule has 1 N–H and O–H groups in total. The van der Waals surface area contributed by atoms with Crippen LogP contribution in [0, 0.1) is 5.82 Å². The second-order valence-electron chi connectivity index (χ2n) is 10.3. The van der Waals surface area contributed by atoms with Crippen molar-refractivity contribution < 1.29 is 22.4 Å². The van der Waals surface area contributed by atoms with Gasteiger partial charge in [0.25, 0.3) is 5.56 Å². The number of hydrogen-bond acceptors (Lipinski definition) is 4. The van der Waals surface area contributed by atoms with E-state index in [1.54, 1.807) is 12.1 Å². The zero-order valence-electron chi connectivity index (χ0n) is 21.7. The van der Waals surface area contributed by atoms with Crippen LogP contribution in [0.25, 0.3) is 11.1 Å². The maximum absolute atomic E-state index is 13.4. The summed E-state index contributed by atoms with van der Waals surface area (Å²) in [7, 11) is 0. The molecule has 2 aliphatic rings. The molecule has 210 valence electrons. The normalized spacial score (nSPS) is 18.4. The summed E-state index contributed by atoms with van der Waals surface area (Å²) in [6.07, 6.45) is -1.79. The van der Waals surface area contributed by atoms with E-state index in [4.69, 9.17) is 0 Å². The Bertz CT molecular complexity index is 1650. The van der Waals surface area contributed by atoms with Gasteiger partial charge in [-0.25, -0.2) is 4.39 Å². The van der Waals surface area contributed by atoms with Crippen molar-refractivity contribution >= 4 is 17.7 Å². The predicted octanol–water partition coefficient (Wildman–Crippen LogP) is 6.65. The Kier molecular flexibility index (Phi) is 7.19. The monoisotopic (exact) mass is 579 g/mol. The number of fused-ring (bicyclic) bond motifs is 1. The van der Waals surface area contributed by atoms with Gasteiger partial charge in [0.1, 0.15) is 11.9 Å². The number of aromatic nitrogens is 2. The third kappa shape index (κ3) is 5.53. The van der Waals surface area contributed by atoms with Crippen molar-refractivity contribution in [2.24, 2.45) is 0 Å². The maximum Gasteiger partial charge on any atom is 0.416 e. The van der Waals surface area contributed by atoms with Crippen LogP contribution in [0.1, 0.15) is 52.9 Å². The van der Waals surface area contributed by atoms with Gasteiger partial charge in [0, 0.05) is 23.4 Å². The Morgan fingerprint density at radius 3 is 2.22 bits per heavy atom. The smallest absolute Gasteiger partial charge is 0.347 e. The standard InChI is InChI=1S/C31H25F4N3O2S/c32-23-14-4-18(5-15-23)17-41-30-37-28(39)24-2-1-3-26(24)38(30)27-16-25(36-29(27)40)21-8-6-19(7-9-21)20-10-12-22(13-11-20)31(33,34)35/h4-15,25,27H,1-3,16-17H2,(H,36,40)/t25-,27+/m1/s1. The Morgan fingerprint density at radius 1 is 0.902 bits per heavy atom. The molecule has 1 aromatic heterocycles. The Labute approximate surface area is 237 Å². The molecule has 3 aromatic carbocycles. The number of nitrogens with zero attached hydrogens (tertiary/aromatic N) is 2. The first-order valence-corrected chi connectivity index (χ1v) is 14.3. The van der Waals surface area contributed by atoms with Crippen LogP contribution >= 0.6 is 11.8 Å². The van der Waals surface area contributed by atoms with Crippen LogP contribution in [0.2, 0.25) is 0 Å². The number of benzene rings is 3. The number of rotatable bonds is 6. The molecule has 1 saturated heterocycles. The highest BCUT2D eigenvalue weighted by Gasteiger charge is 2.38. The number of carbonyl (C=O) groups is 1. The van der Waals surface area contributed by atoms with E-state index in [0.29, 0.717) is 41.3 Å². The number of amides is 1. The van der Waals surface area contributed by atoms with E-state index in [9.17, 15) is 27.2 Å². The topological polar surface area (TPSA) is 64.0 Å². The summed E-state index contributed by atoms with van der Waals surface area (Å²) in [4.78, 5) is 30.5. The van der Waals surface area contributed by atoms with E-state index in [1.165, 1.54) is 36.0 Å². The lowest BCUT2D eigenvalue weighted by Gasteiger charge is -2.21. The number of alkyl halides is 3. The minimum Gasteiger partial charge on any atom is -0.347 e. The van der Waals surface area contributed by atoms with E-state index < -0.39 is 17.8 Å². The van der Waals surface area contributed by atoms with Crippen LogP contribution in [0.15, 0.2) is 82.7 Å². The van der Waals surface area contributed by atoms with Crippen molar-refractivity contribution in [3.05, 3.63) is 117 Å². The van der Waals surface area contributed by atoms with E-state index in [0.717, 1.165) is 40.9 Å². The molecule has 0 spiro atoms. The van der Waals surface area contributed by atoms with Gasteiger partial charge in [0.05, 0.1) is 11.6 Å². The molecule has 41 heavy (non-hydrogen) atoms. The number of halogens is 4. The van der Waals surface area contributed by atoms with Gasteiger partial charge in [0.2, 0.25) is 5.91 Å². The zero-order chi connectivity index (χ0) is 28.7. The molecule has 6 rings (SSSR count). The minimum absolute atomic E-state index is 0.162. The second-order valence-corrected chi connectivity index (χ2v) is 11.2. The Morgan fingerprint density at radius 2 is 1.56 bits per heavy atom. The van der Waals surface area contributed by atoms with Crippen LogP contribution in [0.4, 0.5) is 17.6 Å². The molecule has 5 nitrogen and oxygen atoms in total. The molecule has 2 atom stereocenters. The first-order valence-electron chi connectivity index (χ1n) is 13.3. The van der Waals surface area contributed by atoms with Gasteiger partial charge in [-0.15, -0.1) is 0 Å². The molecule has 0 radical (unpaired) electrons. The van der Waals surface area contributed by atoms with Crippen molar-refractivity contribution in [2.75, 3.05) is 0 Å². The number of hydrogen-bond donors (Lipinski definition) is 1. The molecule has 1 amide bonds. The van der Waals surface area contributed by atoms with Crippen molar-refractivity contribution in [3.8, 4) is 11.1 Å². The first kappa shape index (κ1) is 27.3. The molecule has 0 unspecified atom stereocenters. The molecular formula is C31H25F4N3O2S. The molecule has 0 bridgehead atoms. The summed E-state index contributed by atoms with van der Waals surface area (Å²) in [5, 5.41) is 3.54. The maximum atomic E-state index is 13.4. The van der Waals surface area contributed by atoms with Crippen LogP contribution < -0.4 is 10.9 Å². The number of nitrogens with one attached hydrogen (secondary N) is 1. The molecule has 4 aromatic rings. The van der Waals surface area contributed by atoms with Crippen LogP contribution in [-0.4, -0.2) is 15.5 Å². The lowest BCUT2D eigenvalue weighted by molar-refractivity contribution is -0.137. The molecule has 1 aliphatic heterocycles. The average Bonchev–Trinajstić information content (AvgIpc) is 3.60. The quantitative estimate of drug-likeness (QED) is 0.158. The Hall–Kier alpha value is -3.92. The molecule has 1 aliphatic carbocycles. The van der Waals surface area contributed by atoms with Gasteiger partial charge in [-0.1, -0.05) is 60.3 Å². The fraction of sp³-hybridized carbons (Fsp3) is 0.258. The van der Waals surface area contributed by atoms with Gasteiger partial charge < -0.3 is 9.88 Å². The molecule has 1 fully saturated rings. The summed E-state index contributed by atoms with van der Waals surface area (Å²) in [6.45, 7) is 0. The summed E-state index contributed by atoms with van der Waals surface area (Å²) in [6, 6.07) is 17.7. The van der Waals surface area contributed by atoms with Gasteiger partial charge in [-0.3, -0.25) is 9.59 Å². The lowest BCUT2D eigenvalue weighted by atomic mass is 9.98. The van der Waals surface area contributed by atoms with Crippen molar-refractivity contribution in [3.63, 3.8) is 0 Å². The number of carbonyl (C=O) groups excluding carboxylic acids is 1.